The highest BCUT2D eigenvalue weighted by Gasteiger charge is 2.68. The minimum absolute atomic E-state index is 0.723. The van der Waals surface area contributed by atoms with Crippen molar-refractivity contribution in [2.75, 3.05) is 13.2 Å². The van der Waals surface area contributed by atoms with E-state index in [1.54, 1.807) is 0 Å². The van der Waals surface area contributed by atoms with Crippen LogP contribution in [0.4, 0.5) is 26.3 Å². The molecular formula is C11H11F6O8S-. The summed E-state index contributed by atoms with van der Waals surface area (Å²) in [5.74, 6) is -11.7. The summed E-state index contributed by atoms with van der Waals surface area (Å²) in [6.45, 7) is 0.702. The number of ether oxygens (including phenoxy) is 3. The van der Waals surface area contributed by atoms with E-state index in [-0.39, 0.29) is 0 Å². The molecule has 0 fully saturated rings. The van der Waals surface area contributed by atoms with E-state index in [4.69, 9.17) is 0 Å². The zero-order chi connectivity index (χ0) is 21.0. The van der Waals surface area contributed by atoms with E-state index in [9.17, 15) is 48.9 Å². The molecule has 0 radical (unpaired) electrons. The Morgan fingerprint density at radius 1 is 1.15 bits per heavy atom. The fourth-order valence-electron chi connectivity index (χ4n) is 1.24. The molecule has 0 aliphatic rings. The zero-order valence-electron chi connectivity index (χ0n) is 12.8. The minimum atomic E-state index is -6.27. The van der Waals surface area contributed by atoms with Gasteiger partial charge in [-0.1, -0.05) is 6.58 Å². The van der Waals surface area contributed by atoms with Crippen molar-refractivity contribution in [1.29, 1.82) is 0 Å². The van der Waals surface area contributed by atoms with Gasteiger partial charge in [0.15, 0.2) is 10.1 Å². The van der Waals surface area contributed by atoms with E-state index in [0.717, 1.165) is 6.92 Å². The number of rotatable bonds is 9. The predicted molar refractivity (Wildman–Crippen MR) is 67.0 cm³/mol. The molecule has 0 aliphatic carbocycles. The molecule has 1 atom stereocenters. The average Bonchev–Trinajstić information content (AvgIpc) is 2.43. The Morgan fingerprint density at radius 2 is 1.65 bits per heavy atom. The summed E-state index contributed by atoms with van der Waals surface area (Å²) < 4.78 is 120. The zero-order valence-corrected chi connectivity index (χ0v) is 13.6. The Morgan fingerprint density at radius 3 is 2.00 bits per heavy atom. The second-order valence-electron chi connectivity index (χ2n) is 4.32. The molecule has 152 valence electrons. The summed E-state index contributed by atoms with van der Waals surface area (Å²) >= 11 is 0. The molecule has 0 N–H and O–H groups in total. The van der Waals surface area contributed by atoms with Crippen molar-refractivity contribution in [3.05, 3.63) is 12.4 Å². The van der Waals surface area contributed by atoms with Gasteiger partial charge >= 0.3 is 29.2 Å². The van der Waals surface area contributed by atoms with Crippen LogP contribution in [-0.4, -0.2) is 55.3 Å². The molecule has 26 heavy (non-hydrogen) atoms. The summed E-state index contributed by atoms with van der Waals surface area (Å²) in [7, 11) is -6.27. The summed E-state index contributed by atoms with van der Waals surface area (Å²) in [5, 5.41) is -5.06. The SMILES string of the molecule is C=C(F)C(=O)OC(OCCC(F)(F)S(=O)(=O)[O-])(C(=O)OCC)C(F)(F)F. The van der Waals surface area contributed by atoms with Gasteiger partial charge in [-0.25, -0.2) is 18.0 Å². The van der Waals surface area contributed by atoms with Crippen molar-refractivity contribution in [1.82, 2.24) is 0 Å². The van der Waals surface area contributed by atoms with Gasteiger partial charge in [0.1, 0.15) is 0 Å². The number of carbonyl (C=O) groups is 2. The molecule has 0 aromatic carbocycles. The largest absolute Gasteiger partial charge is 0.743 e. The van der Waals surface area contributed by atoms with Gasteiger partial charge in [0.2, 0.25) is 5.83 Å². The second-order valence-corrected chi connectivity index (χ2v) is 5.82. The molecule has 0 aliphatic heterocycles. The highest BCUT2D eigenvalue weighted by Crippen LogP contribution is 2.38. The van der Waals surface area contributed by atoms with Crippen LogP contribution in [0.3, 0.4) is 0 Å². The van der Waals surface area contributed by atoms with Crippen LogP contribution in [0.25, 0.3) is 0 Å². The molecule has 15 heteroatoms. The first-order valence-corrected chi connectivity index (χ1v) is 7.71. The molecule has 0 saturated carbocycles. The molecular weight excluding hydrogens is 406 g/mol. The summed E-state index contributed by atoms with van der Waals surface area (Å²) in [6, 6.07) is 0. The van der Waals surface area contributed by atoms with Crippen LogP contribution in [0.1, 0.15) is 13.3 Å². The van der Waals surface area contributed by atoms with Crippen molar-refractivity contribution in [2.24, 2.45) is 0 Å². The highest BCUT2D eigenvalue weighted by molar-refractivity contribution is 7.86. The number of hydrogen-bond donors (Lipinski definition) is 0. The number of halogens is 6. The Hall–Kier alpha value is -1.87. The van der Waals surface area contributed by atoms with Crippen LogP contribution in [0.2, 0.25) is 0 Å². The van der Waals surface area contributed by atoms with Crippen molar-refractivity contribution in [2.45, 2.75) is 30.6 Å². The third kappa shape index (κ3) is 5.57. The summed E-state index contributed by atoms with van der Waals surface area (Å²) in [6.07, 6.45) is -8.10. The molecule has 0 spiro atoms. The van der Waals surface area contributed by atoms with Crippen molar-refractivity contribution in [3.63, 3.8) is 0 Å². The molecule has 0 bridgehead atoms. The third-order valence-corrected chi connectivity index (χ3v) is 3.38. The van der Waals surface area contributed by atoms with Crippen LogP contribution in [-0.2, 0) is 33.9 Å². The van der Waals surface area contributed by atoms with Gasteiger partial charge in [0.25, 0.3) is 0 Å². The van der Waals surface area contributed by atoms with Crippen molar-refractivity contribution >= 4 is 22.1 Å². The first-order chi connectivity index (χ1) is 11.5. The lowest BCUT2D eigenvalue weighted by molar-refractivity contribution is -0.355. The quantitative estimate of drug-likeness (QED) is 0.182. The van der Waals surface area contributed by atoms with Crippen LogP contribution >= 0.6 is 0 Å². The monoisotopic (exact) mass is 417 g/mol. The number of carbonyl (C=O) groups excluding carboxylic acids is 2. The molecule has 0 saturated heterocycles. The first-order valence-electron chi connectivity index (χ1n) is 6.30. The maximum Gasteiger partial charge on any atom is 0.468 e. The van der Waals surface area contributed by atoms with E-state index < -0.39 is 64.7 Å². The Balaban J connectivity index is 5.79. The van der Waals surface area contributed by atoms with Crippen molar-refractivity contribution < 1.29 is 63.1 Å². The number of esters is 2. The highest BCUT2D eigenvalue weighted by atomic mass is 32.2. The van der Waals surface area contributed by atoms with Crippen LogP contribution in [0.15, 0.2) is 12.4 Å². The Bertz CT molecular complexity index is 658. The van der Waals surface area contributed by atoms with E-state index in [0.29, 0.717) is 0 Å². The lowest BCUT2D eigenvalue weighted by Crippen LogP contribution is -2.58. The molecule has 0 heterocycles. The van der Waals surface area contributed by atoms with Crippen LogP contribution in [0, 0.1) is 0 Å². The van der Waals surface area contributed by atoms with Gasteiger partial charge in [-0.3, -0.25) is 0 Å². The van der Waals surface area contributed by atoms with Gasteiger partial charge in [0, 0.05) is 6.42 Å². The van der Waals surface area contributed by atoms with Crippen LogP contribution < -0.4 is 0 Å². The van der Waals surface area contributed by atoms with E-state index in [1.807, 2.05) is 0 Å². The molecule has 0 amide bonds. The summed E-state index contributed by atoms with van der Waals surface area (Å²) in [4.78, 5) is 22.6. The smallest absolute Gasteiger partial charge is 0.468 e. The molecule has 0 aromatic rings. The number of alkyl halides is 5. The maximum atomic E-state index is 13.2. The average molecular weight is 417 g/mol. The molecule has 0 aromatic heterocycles. The van der Waals surface area contributed by atoms with Gasteiger partial charge in [-0.15, -0.1) is 0 Å². The molecule has 1 unspecified atom stereocenters. The van der Waals surface area contributed by atoms with E-state index in [1.165, 1.54) is 0 Å². The van der Waals surface area contributed by atoms with Gasteiger partial charge in [-0.2, -0.15) is 26.3 Å². The first kappa shape index (κ1) is 24.1. The predicted octanol–water partition coefficient (Wildman–Crippen LogP) is 1.38. The lowest BCUT2D eigenvalue weighted by atomic mass is 10.2. The third-order valence-electron chi connectivity index (χ3n) is 2.44. The van der Waals surface area contributed by atoms with Crippen LogP contribution in [0.5, 0.6) is 0 Å². The van der Waals surface area contributed by atoms with Crippen molar-refractivity contribution in [3.8, 4) is 0 Å². The van der Waals surface area contributed by atoms with E-state index >= 15 is 0 Å². The standard InChI is InChI=1S/C11H12F6O8S/c1-3-23-8(19)10(11(15,16)17,25-7(18)6(2)12)24-5-4-9(13,14)26(20,21)22/h2-5H2,1H3,(H,20,21,22)/p-1. The minimum Gasteiger partial charge on any atom is -0.743 e. The summed E-state index contributed by atoms with van der Waals surface area (Å²) in [5.41, 5.74) is 0. The maximum absolute atomic E-state index is 13.2. The topological polar surface area (TPSA) is 119 Å². The fourth-order valence-corrected chi connectivity index (χ4v) is 1.57. The number of hydrogen-bond acceptors (Lipinski definition) is 8. The van der Waals surface area contributed by atoms with Gasteiger partial charge < -0.3 is 18.8 Å². The molecule has 0 rings (SSSR count). The lowest BCUT2D eigenvalue weighted by Gasteiger charge is -2.32. The second kappa shape index (κ2) is 8.22. The molecule has 8 nitrogen and oxygen atoms in total. The van der Waals surface area contributed by atoms with Gasteiger partial charge in [0.05, 0.1) is 13.2 Å². The Labute approximate surface area is 142 Å². The van der Waals surface area contributed by atoms with E-state index in [2.05, 4.69) is 20.8 Å². The van der Waals surface area contributed by atoms with Gasteiger partial charge in [-0.05, 0) is 6.92 Å². The fraction of sp³-hybridized carbons (Fsp3) is 0.636. The Kier molecular flexibility index (Phi) is 7.63. The normalized spacial score (nSPS) is 15.1.